The summed E-state index contributed by atoms with van der Waals surface area (Å²) in [6.45, 7) is 2.52. The summed E-state index contributed by atoms with van der Waals surface area (Å²) in [7, 11) is 1.53. The summed E-state index contributed by atoms with van der Waals surface area (Å²) < 4.78 is 10.5. The first-order chi connectivity index (χ1) is 13.7. The molecule has 0 saturated carbocycles. The first-order valence-corrected chi connectivity index (χ1v) is 8.59. The van der Waals surface area contributed by atoms with E-state index < -0.39 is 5.91 Å². The van der Waals surface area contributed by atoms with Crippen LogP contribution in [0.3, 0.4) is 0 Å². The van der Waals surface area contributed by atoms with Crippen LogP contribution in [0.2, 0.25) is 0 Å². The first-order valence-electron chi connectivity index (χ1n) is 8.59. The number of methoxy groups -OCH3 is 1. The maximum atomic E-state index is 12.3. The number of amides is 1. The molecule has 28 heavy (non-hydrogen) atoms. The van der Waals surface area contributed by atoms with Crippen LogP contribution in [0.5, 0.6) is 11.6 Å². The standard InChI is InChI=1S/C20H19N5O3/c1-3-28-16-9-7-14(8-10-16)17-12-21-13-18(24-17)20(26)25-22-11-15-5-4-6-19(23-15)27-2/h4-13H,3H2,1-2H3,(H,25,26)/b22-11+. The van der Waals surface area contributed by atoms with Crippen molar-refractivity contribution in [1.29, 1.82) is 0 Å². The number of rotatable bonds is 7. The van der Waals surface area contributed by atoms with Gasteiger partial charge < -0.3 is 9.47 Å². The lowest BCUT2D eigenvalue weighted by Gasteiger charge is -2.05. The minimum Gasteiger partial charge on any atom is -0.494 e. The van der Waals surface area contributed by atoms with E-state index in [1.165, 1.54) is 19.5 Å². The van der Waals surface area contributed by atoms with Crippen molar-refractivity contribution in [2.45, 2.75) is 6.92 Å². The third-order valence-electron chi connectivity index (χ3n) is 3.65. The Labute approximate surface area is 162 Å². The van der Waals surface area contributed by atoms with Gasteiger partial charge in [-0.1, -0.05) is 6.07 Å². The monoisotopic (exact) mass is 377 g/mol. The van der Waals surface area contributed by atoms with E-state index in [-0.39, 0.29) is 5.69 Å². The molecule has 0 bridgehead atoms. The zero-order valence-corrected chi connectivity index (χ0v) is 15.5. The van der Waals surface area contributed by atoms with Crippen molar-refractivity contribution < 1.29 is 14.3 Å². The lowest BCUT2D eigenvalue weighted by Crippen LogP contribution is -2.19. The van der Waals surface area contributed by atoms with Gasteiger partial charge in [0.25, 0.3) is 5.91 Å². The van der Waals surface area contributed by atoms with Crippen LogP contribution in [0.1, 0.15) is 23.1 Å². The highest BCUT2D eigenvalue weighted by Gasteiger charge is 2.09. The van der Waals surface area contributed by atoms with Crippen molar-refractivity contribution in [1.82, 2.24) is 20.4 Å². The number of ether oxygens (including phenoxy) is 2. The molecule has 0 aliphatic rings. The highest BCUT2D eigenvalue weighted by Crippen LogP contribution is 2.20. The lowest BCUT2D eigenvalue weighted by molar-refractivity contribution is 0.0950. The maximum absolute atomic E-state index is 12.3. The number of hydrazone groups is 1. The van der Waals surface area contributed by atoms with Gasteiger partial charge in [0, 0.05) is 11.6 Å². The quantitative estimate of drug-likeness (QED) is 0.502. The molecule has 3 rings (SSSR count). The van der Waals surface area contributed by atoms with Crippen LogP contribution in [0.4, 0.5) is 0 Å². The predicted molar refractivity (Wildman–Crippen MR) is 104 cm³/mol. The molecule has 0 saturated heterocycles. The summed E-state index contributed by atoms with van der Waals surface area (Å²) in [5, 5.41) is 3.90. The topological polar surface area (TPSA) is 98.6 Å². The Balaban J connectivity index is 1.68. The Morgan fingerprint density at radius 1 is 1.14 bits per heavy atom. The first kappa shape index (κ1) is 19.0. The molecule has 142 valence electrons. The van der Waals surface area contributed by atoms with Gasteiger partial charge in [-0.25, -0.2) is 15.4 Å². The van der Waals surface area contributed by atoms with Crippen molar-refractivity contribution in [3.05, 3.63) is 66.2 Å². The Kier molecular flexibility index (Phi) is 6.25. The maximum Gasteiger partial charge on any atom is 0.291 e. The number of carbonyl (C=O) groups excluding carboxylic acids is 1. The Bertz CT molecular complexity index is 974. The second kappa shape index (κ2) is 9.22. The van der Waals surface area contributed by atoms with Crippen LogP contribution in [0.25, 0.3) is 11.3 Å². The molecule has 1 amide bonds. The molecule has 0 unspecified atom stereocenters. The van der Waals surface area contributed by atoms with Gasteiger partial charge in [-0.3, -0.25) is 9.78 Å². The van der Waals surface area contributed by atoms with Crippen LogP contribution in [-0.4, -0.2) is 40.8 Å². The fourth-order valence-corrected chi connectivity index (χ4v) is 2.33. The highest BCUT2D eigenvalue weighted by atomic mass is 16.5. The normalized spacial score (nSPS) is 10.6. The molecule has 0 radical (unpaired) electrons. The van der Waals surface area contributed by atoms with Gasteiger partial charge in [0.2, 0.25) is 5.88 Å². The van der Waals surface area contributed by atoms with E-state index in [1.54, 1.807) is 24.4 Å². The van der Waals surface area contributed by atoms with Crippen LogP contribution < -0.4 is 14.9 Å². The number of hydrogen-bond acceptors (Lipinski definition) is 7. The molecule has 0 aliphatic heterocycles. The molecule has 8 nitrogen and oxygen atoms in total. The van der Waals surface area contributed by atoms with Gasteiger partial charge in [0.1, 0.15) is 11.4 Å². The van der Waals surface area contributed by atoms with Crippen molar-refractivity contribution >= 4 is 12.1 Å². The average molecular weight is 377 g/mol. The molecule has 0 atom stereocenters. The molecular weight excluding hydrogens is 358 g/mol. The predicted octanol–water partition coefficient (Wildman–Crippen LogP) is 2.71. The fourth-order valence-electron chi connectivity index (χ4n) is 2.33. The fraction of sp³-hybridized carbons (Fsp3) is 0.150. The molecule has 1 N–H and O–H groups in total. The molecular formula is C20H19N5O3. The zero-order valence-electron chi connectivity index (χ0n) is 15.5. The molecule has 0 aliphatic carbocycles. The molecule has 1 aromatic carbocycles. The summed E-state index contributed by atoms with van der Waals surface area (Å²) >= 11 is 0. The van der Waals surface area contributed by atoms with Gasteiger partial charge in [-0.15, -0.1) is 0 Å². The molecule has 0 fully saturated rings. The zero-order chi connectivity index (χ0) is 19.8. The van der Waals surface area contributed by atoms with Crippen LogP contribution >= 0.6 is 0 Å². The number of hydrogen-bond donors (Lipinski definition) is 1. The summed E-state index contributed by atoms with van der Waals surface area (Å²) in [5.41, 5.74) is 4.53. The Hall–Kier alpha value is -3.81. The number of nitrogens with zero attached hydrogens (tertiary/aromatic N) is 4. The van der Waals surface area contributed by atoms with E-state index in [1.807, 2.05) is 31.2 Å². The average Bonchev–Trinajstić information content (AvgIpc) is 2.75. The third-order valence-corrected chi connectivity index (χ3v) is 3.65. The van der Waals surface area contributed by atoms with Crippen molar-refractivity contribution in [3.63, 3.8) is 0 Å². The van der Waals surface area contributed by atoms with Crippen LogP contribution in [-0.2, 0) is 0 Å². The minimum absolute atomic E-state index is 0.155. The SMILES string of the molecule is CCOc1ccc(-c2cncc(C(=O)N/N=C/c3cccc(OC)n3)n2)cc1. The van der Waals surface area contributed by atoms with Crippen molar-refractivity contribution in [2.24, 2.45) is 5.10 Å². The second-order valence-corrected chi connectivity index (χ2v) is 5.55. The number of pyridine rings is 1. The van der Waals surface area contributed by atoms with E-state index in [0.717, 1.165) is 11.3 Å². The minimum atomic E-state index is -0.473. The molecule has 2 aromatic heterocycles. The molecule has 3 aromatic rings. The van der Waals surface area contributed by atoms with Crippen molar-refractivity contribution in [3.8, 4) is 22.9 Å². The summed E-state index contributed by atoms with van der Waals surface area (Å²) in [6, 6.07) is 12.7. The van der Waals surface area contributed by atoms with Crippen LogP contribution in [0.15, 0.2) is 60.0 Å². The number of aromatic nitrogens is 3. The van der Waals surface area contributed by atoms with E-state index in [0.29, 0.717) is 23.9 Å². The third kappa shape index (κ3) is 4.88. The smallest absolute Gasteiger partial charge is 0.291 e. The molecule has 8 heteroatoms. The lowest BCUT2D eigenvalue weighted by atomic mass is 10.1. The Morgan fingerprint density at radius 3 is 2.71 bits per heavy atom. The number of benzene rings is 1. The van der Waals surface area contributed by atoms with E-state index >= 15 is 0 Å². The number of nitrogens with one attached hydrogen (secondary N) is 1. The summed E-state index contributed by atoms with van der Waals surface area (Å²) in [6.07, 6.45) is 4.40. The van der Waals surface area contributed by atoms with Gasteiger partial charge in [0.05, 0.1) is 43.7 Å². The second-order valence-electron chi connectivity index (χ2n) is 5.55. The number of carbonyl (C=O) groups is 1. The highest BCUT2D eigenvalue weighted by molar-refractivity contribution is 5.93. The largest absolute Gasteiger partial charge is 0.494 e. The van der Waals surface area contributed by atoms with Crippen molar-refractivity contribution in [2.75, 3.05) is 13.7 Å². The van der Waals surface area contributed by atoms with Gasteiger partial charge in [-0.2, -0.15) is 5.10 Å². The van der Waals surface area contributed by atoms with E-state index in [2.05, 4.69) is 25.5 Å². The Morgan fingerprint density at radius 2 is 1.96 bits per heavy atom. The summed E-state index contributed by atoms with van der Waals surface area (Å²) in [5.74, 6) is 0.761. The van der Waals surface area contributed by atoms with Crippen LogP contribution in [0, 0.1) is 0 Å². The van der Waals surface area contributed by atoms with Gasteiger partial charge in [-0.05, 0) is 37.3 Å². The van der Waals surface area contributed by atoms with Gasteiger partial charge >= 0.3 is 0 Å². The van der Waals surface area contributed by atoms with Gasteiger partial charge in [0.15, 0.2) is 0 Å². The van der Waals surface area contributed by atoms with E-state index in [9.17, 15) is 4.79 Å². The summed E-state index contributed by atoms with van der Waals surface area (Å²) in [4.78, 5) is 24.9. The molecule has 2 heterocycles. The molecule has 0 spiro atoms. The van der Waals surface area contributed by atoms with E-state index in [4.69, 9.17) is 9.47 Å².